The molecule has 0 bridgehead atoms. The van der Waals surface area contributed by atoms with Crippen LogP contribution in [0.25, 0.3) is 0 Å². The van der Waals surface area contributed by atoms with Crippen molar-refractivity contribution in [3.05, 3.63) is 52.0 Å². The molecule has 0 aliphatic rings. The highest BCUT2D eigenvalue weighted by atomic mass is 32.1. The van der Waals surface area contributed by atoms with E-state index >= 15 is 0 Å². The Morgan fingerprint density at radius 3 is 3.10 bits per heavy atom. The van der Waals surface area contributed by atoms with E-state index in [9.17, 15) is 0 Å². The molecule has 2 rings (SSSR count). The van der Waals surface area contributed by atoms with Crippen LogP contribution in [0.2, 0.25) is 0 Å². The van der Waals surface area contributed by atoms with Crippen LogP contribution in [-0.2, 0) is 13.0 Å². The number of pyridine rings is 1. The second kappa shape index (κ2) is 7.02. The van der Waals surface area contributed by atoms with Gasteiger partial charge in [0.1, 0.15) is 5.69 Å². The van der Waals surface area contributed by atoms with E-state index in [1.54, 1.807) is 17.5 Å². The lowest BCUT2D eigenvalue weighted by Crippen LogP contribution is -2.29. The summed E-state index contributed by atoms with van der Waals surface area (Å²) in [7, 11) is 0. The summed E-state index contributed by atoms with van der Waals surface area (Å²) >= 11 is 1.71. The Morgan fingerprint density at radius 2 is 2.40 bits per heavy atom. The van der Waals surface area contributed by atoms with Gasteiger partial charge in [-0.1, -0.05) is 11.2 Å². The van der Waals surface area contributed by atoms with Crippen LogP contribution >= 0.6 is 11.3 Å². The maximum Gasteiger partial charge on any atom is 0.189 e. The third-order valence-electron chi connectivity index (χ3n) is 3.00. The lowest BCUT2D eigenvalue weighted by molar-refractivity contribution is 0.318. The fourth-order valence-corrected chi connectivity index (χ4v) is 2.66. The summed E-state index contributed by atoms with van der Waals surface area (Å²) < 4.78 is 0. The number of nitrogens with one attached hydrogen (secondary N) is 1. The lowest BCUT2D eigenvalue weighted by atomic mass is 10.1. The molecule has 106 valence electrons. The highest BCUT2D eigenvalue weighted by molar-refractivity contribution is 7.07. The molecule has 5 nitrogen and oxygen atoms in total. The molecule has 1 unspecified atom stereocenters. The fourth-order valence-electron chi connectivity index (χ4n) is 1.98. The summed E-state index contributed by atoms with van der Waals surface area (Å²) in [5.41, 5.74) is 8.39. The number of nitrogens with two attached hydrogens (primary N) is 1. The van der Waals surface area contributed by atoms with Crippen LogP contribution in [0.5, 0.6) is 0 Å². The molecule has 0 aromatic carbocycles. The average Bonchev–Trinajstić information content (AvgIpc) is 2.97. The summed E-state index contributed by atoms with van der Waals surface area (Å²) in [6, 6.07) is 6.23. The number of nitrogens with zero attached hydrogens (tertiary/aromatic N) is 2. The van der Waals surface area contributed by atoms with E-state index in [0.717, 1.165) is 12.0 Å². The summed E-state index contributed by atoms with van der Waals surface area (Å²) in [4.78, 5) is 4.15. The first-order valence-corrected chi connectivity index (χ1v) is 7.31. The topological polar surface area (TPSA) is 83.5 Å². The normalized spacial score (nSPS) is 13.3. The van der Waals surface area contributed by atoms with Crippen LogP contribution < -0.4 is 11.1 Å². The third kappa shape index (κ3) is 3.79. The molecule has 0 amide bonds. The molecular formula is C14H18N4OS. The number of hydrogen-bond acceptors (Lipinski definition) is 5. The largest absolute Gasteiger partial charge is 0.409 e. The van der Waals surface area contributed by atoms with Crippen molar-refractivity contribution in [2.45, 2.75) is 25.9 Å². The highest BCUT2D eigenvalue weighted by Crippen LogP contribution is 2.10. The van der Waals surface area contributed by atoms with Crippen LogP contribution in [0.4, 0.5) is 0 Å². The van der Waals surface area contributed by atoms with Gasteiger partial charge in [0, 0.05) is 18.8 Å². The van der Waals surface area contributed by atoms with Crippen molar-refractivity contribution in [3.63, 3.8) is 0 Å². The molecule has 2 aromatic rings. The van der Waals surface area contributed by atoms with Crippen molar-refractivity contribution < 1.29 is 5.21 Å². The van der Waals surface area contributed by atoms with Crippen molar-refractivity contribution in [1.82, 2.24) is 10.3 Å². The Balaban J connectivity index is 1.97. The van der Waals surface area contributed by atoms with Gasteiger partial charge >= 0.3 is 0 Å². The second-order valence-corrected chi connectivity index (χ2v) is 5.39. The molecule has 0 fully saturated rings. The zero-order valence-electron chi connectivity index (χ0n) is 11.3. The molecule has 0 aliphatic heterocycles. The van der Waals surface area contributed by atoms with Gasteiger partial charge in [0.2, 0.25) is 0 Å². The molecule has 0 spiro atoms. The first kappa shape index (κ1) is 14.5. The van der Waals surface area contributed by atoms with Gasteiger partial charge in [-0.05, 0) is 47.4 Å². The zero-order valence-corrected chi connectivity index (χ0v) is 12.1. The minimum absolute atomic E-state index is 0.0351. The Bertz CT molecular complexity index is 568. The lowest BCUT2D eigenvalue weighted by Gasteiger charge is -2.14. The van der Waals surface area contributed by atoms with Crippen molar-refractivity contribution in [2.24, 2.45) is 10.9 Å². The Hall–Kier alpha value is -1.92. The van der Waals surface area contributed by atoms with E-state index in [-0.39, 0.29) is 5.84 Å². The third-order valence-corrected chi connectivity index (χ3v) is 3.74. The van der Waals surface area contributed by atoms with Gasteiger partial charge in [0.05, 0.1) is 0 Å². The monoisotopic (exact) mass is 290 g/mol. The number of aromatic nitrogens is 1. The zero-order chi connectivity index (χ0) is 14.4. The van der Waals surface area contributed by atoms with Crippen LogP contribution in [0.3, 0.4) is 0 Å². The molecular weight excluding hydrogens is 272 g/mol. The van der Waals surface area contributed by atoms with Crippen LogP contribution in [0.1, 0.15) is 23.7 Å². The van der Waals surface area contributed by atoms with Crippen molar-refractivity contribution in [2.75, 3.05) is 0 Å². The van der Waals surface area contributed by atoms with Gasteiger partial charge < -0.3 is 16.3 Å². The molecule has 0 saturated heterocycles. The minimum Gasteiger partial charge on any atom is -0.409 e. The molecule has 2 aromatic heterocycles. The van der Waals surface area contributed by atoms with Crippen molar-refractivity contribution >= 4 is 17.2 Å². The van der Waals surface area contributed by atoms with Gasteiger partial charge in [0.15, 0.2) is 5.84 Å². The fraction of sp³-hybridized carbons (Fsp3) is 0.286. The van der Waals surface area contributed by atoms with Crippen LogP contribution in [-0.4, -0.2) is 22.1 Å². The van der Waals surface area contributed by atoms with Gasteiger partial charge in [-0.3, -0.25) is 4.98 Å². The quantitative estimate of drug-likeness (QED) is 0.329. The Labute approximate surface area is 122 Å². The van der Waals surface area contributed by atoms with Crippen LogP contribution in [0.15, 0.2) is 40.3 Å². The van der Waals surface area contributed by atoms with Gasteiger partial charge in [-0.25, -0.2) is 0 Å². The summed E-state index contributed by atoms with van der Waals surface area (Å²) in [6.07, 6.45) is 2.61. The van der Waals surface area contributed by atoms with Crippen molar-refractivity contribution in [1.29, 1.82) is 0 Å². The van der Waals surface area contributed by atoms with Gasteiger partial charge in [0.25, 0.3) is 0 Å². The van der Waals surface area contributed by atoms with E-state index in [1.165, 1.54) is 5.56 Å². The highest BCUT2D eigenvalue weighted by Gasteiger charge is 2.09. The molecule has 0 radical (unpaired) electrons. The first-order chi connectivity index (χ1) is 9.70. The SMILES string of the molecule is CC(Cc1ccsc1)NCc1cccnc1C(N)=NO. The van der Waals surface area contributed by atoms with E-state index in [2.05, 4.69) is 39.2 Å². The maximum atomic E-state index is 8.76. The predicted molar refractivity (Wildman–Crippen MR) is 81.1 cm³/mol. The Kier molecular flexibility index (Phi) is 5.09. The number of oxime groups is 1. The minimum atomic E-state index is 0.0351. The molecule has 0 aliphatic carbocycles. The number of rotatable bonds is 6. The summed E-state index contributed by atoms with van der Waals surface area (Å²) in [5.74, 6) is 0.0351. The van der Waals surface area contributed by atoms with E-state index in [1.807, 2.05) is 12.1 Å². The molecule has 2 heterocycles. The van der Waals surface area contributed by atoms with Gasteiger partial charge in [-0.15, -0.1) is 0 Å². The Morgan fingerprint density at radius 1 is 1.55 bits per heavy atom. The molecule has 20 heavy (non-hydrogen) atoms. The average molecular weight is 290 g/mol. The molecule has 0 saturated carbocycles. The van der Waals surface area contributed by atoms with Crippen molar-refractivity contribution in [3.8, 4) is 0 Å². The predicted octanol–water partition coefficient (Wildman–Crippen LogP) is 1.96. The summed E-state index contributed by atoms with van der Waals surface area (Å²) in [5, 5.41) is 19.4. The molecule has 1 atom stereocenters. The molecule has 6 heteroatoms. The maximum absolute atomic E-state index is 8.76. The second-order valence-electron chi connectivity index (χ2n) is 4.61. The number of thiophene rings is 1. The van der Waals surface area contributed by atoms with E-state index < -0.39 is 0 Å². The van der Waals surface area contributed by atoms with E-state index in [4.69, 9.17) is 10.9 Å². The van der Waals surface area contributed by atoms with Gasteiger partial charge in [-0.2, -0.15) is 11.3 Å². The smallest absolute Gasteiger partial charge is 0.189 e. The summed E-state index contributed by atoms with van der Waals surface area (Å²) in [6.45, 7) is 2.77. The van der Waals surface area contributed by atoms with E-state index in [0.29, 0.717) is 18.3 Å². The first-order valence-electron chi connectivity index (χ1n) is 6.37. The molecule has 4 N–H and O–H groups in total. The number of amidine groups is 1. The number of hydrogen-bond donors (Lipinski definition) is 3. The standard InChI is InChI=1S/C14H18N4OS/c1-10(7-11-4-6-20-9-11)17-8-12-3-2-5-16-13(12)14(15)18-19/h2-6,9-10,17,19H,7-8H2,1H3,(H2,15,18). The van der Waals surface area contributed by atoms with Crippen LogP contribution in [0, 0.1) is 0 Å².